The average Bonchev–Trinajstić information content (AvgIpc) is 3.10. The van der Waals surface area contributed by atoms with Crippen LogP contribution in [0, 0.1) is 5.41 Å². The van der Waals surface area contributed by atoms with E-state index in [1.165, 1.54) is 0 Å². The fraction of sp³-hybridized carbons (Fsp3) is 0.423. The van der Waals surface area contributed by atoms with Crippen molar-refractivity contribution in [2.45, 2.75) is 51.3 Å². The van der Waals surface area contributed by atoms with Gasteiger partial charge in [0.05, 0.1) is 0 Å². The third-order valence-electron chi connectivity index (χ3n) is 6.53. The molecule has 0 saturated carbocycles. The number of piperidine rings is 1. The van der Waals surface area contributed by atoms with Gasteiger partial charge in [0.1, 0.15) is 18.4 Å². The van der Waals surface area contributed by atoms with Crippen LogP contribution in [0.1, 0.15) is 50.7 Å². The van der Waals surface area contributed by atoms with Crippen LogP contribution in [0.5, 0.6) is 0 Å². The zero-order chi connectivity index (χ0) is 24.7. The van der Waals surface area contributed by atoms with Gasteiger partial charge in [0.2, 0.25) is 0 Å². The largest absolute Gasteiger partial charge is 0.480 e. The molecule has 0 radical (unpaired) electrons. The Morgan fingerprint density at radius 3 is 2.15 bits per heavy atom. The highest BCUT2D eigenvalue weighted by molar-refractivity contribution is 6.00. The van der Waals surface area contributed by atoms with Crippen molar-refractivity contribution in [1.29, 1.82) is 0 Å². The Bertz CT molecular complexity index is 1080. The molecule has 3 N–H and O–H groups in total. The van der Waals surface area contributed by atoms with Crippen LogP contribution in [-0.4, -0.2) is 53.0 Å². The number of fused-ring (bicyclic) bond motifs is 3. The van der Waals surface area contributed by atoms with Gasteiger partial charge in [-0.15, -0.1) is 0 Å². The van der Waals surface area contributed by atoms with Gasteiger partial charge in [-0.3, -0.25) is 14.5 Å². The van der Waals surface area contributed by atoms with Crippen molar-refractivity contribution >= 4 is 18.0 Å². The van der Waals surface area contributed by atoms with Crippen LogP contribution in [0.15, 0.2) is 48.5 Å². The number of ether oxygens (including phenoxy) is 2. The van der Waals surface area contributed by atoms with Crippen LogP contribution in [-0.2, 0) is 19.1 Å². The van der Waals surface area contributed by atoms with Crippen molar-refractivity contribution in [3.8, 4) is 11.1 Å². The van der Waals surface area contributed by atoms with E-state index >= 15 is 0 Å². The van der Waals surface area contributed by atoms with Crippen molar-refractivity contribution in [1.82, 2.24) is 4.90 Å². The SMILES string of the molecule is CC(C)(C)OC(=O)[C@]1(C(=O)O)CCCN(C(=O)OCC2c3ccccc3-c3ccccc32)[C@H]1N. The van der Waals surface area contributed by atoms with E-state index in [1.807, 2.05) is 48.5 Å². The van der Waals surface area contributed by atoms with E-state index in [0.29, 0.717) is 0 Å². The fourth-order valence-electron chi connectivity index (χ4n) is 4.88. The molecule has 8 heteroatoms. The van der Waals surface area contributed by atoms with Crippen LogP contribution in [0.4, 0.5) is 4.79 Å². The number of rotatable bonds is 4. The Kier molecular flexibility index (Phi) is 6.12. The van der Waals surface area contributed by atoms with Gasteiger partial charge in [0.15, 0.2) is 5.41 Å². The second-order valence-corrected chi connectivity index (χ2v) is 9.82. The minimum absolute atomic E-state index is 0.0223. The summed E-state index contributed by atoms with van der Waals surface area (Å²) in [6, 6.07) is 15.9. The van der Waals surface area contributed by atoms with Crippen molar-refractivity contribution in [2.75, 3.05) is 13.2 Å². The number of esters is 1. The first-order chi connectivity index (χ1) is 16.1. The standard InChI is InChI=1S/C26H30N2O6/c1-25(2,3)34-23(31)26(22(29)30)13-8-14-28(21(26)27)24(32)33-15-20-18-11-6-4-9-16(18)17-10-5-7-12-19(17)20/h4-7,9-12,20-21H,8,13-15,27H2,1-3H3,(H,29,30)/t21-,26-/m1/s1. The number of carbonyl (C=O) groups excluding carboxylic acids is 2. The van der Waals surface area contributed by atoms with Crippen molar-refractivity contribution in [3.63, 3.8) is 0 Å². The molecule has 2 atom stereocenters. The molecule has 2 aromatic carbocycles. The Balaban J connectivity index is 1.54. The molecule has 1 amide bonds. The molecule has 0 spiro atoms. The summed E-state index contributed by atoms with van der Waals surface area (Å²) in [6.45, 7) is 5.21. The van der Waals surface area contributed by atoms with Crippen LogP contribution < -0.4 is 5.73 Å². The van der Waals surface area contributed by atoms with Crippen LogP contribution >= 0.6 is 0 Å². The van der Waals surface area contributed by atoms with Crippen molar-refractivity contribution in [2.24, 2.45) is 11.1 Å². The Morgan fingerprint density at radius 1 is 1.06 bits per heavy atom. The normalized spacial score (nSPS) is 22.0. The second-order valence-electron chi connectivity index (χ2n) is 9.82. The van der Waals surface area contributed by atoms with Gasteiger partial charge < -0.3 is 20.3 Å². The lowest BCUT2D eigenvalue weighted by molar-refractivity contribution is -0.185. The molecular weight excluding hydrogens is 436 g/mol. The number of hydrogen-bond acceptors (Lipinski definition) is 6. The van der Waals surface area contributed by atoms with Gasteiger partial charge in [-0.1, -0.05) is 48.5 Å². The number of benzene rings is 2. The molecule has 180 valence electrons. The van der Waals surface area contributed by atoms with E-state index in [1.54, 1.807) is 20.8 Å². The zero-order valence-electron chi connectivity index (χ0n) is 19.6. The average molecular weight is 467 g/mol. The van der Waals surface area contributed by atoms with Gasteiger partial charge >= 0.3 is 18.0 Å². The number of carboxylic acid groups (broad SMARTS) is 1. The molecule has 8 nitrogen and oxygen atoms in total. The Morgan fingerprint density at radius 2 is 1.62 bits per heavy atom. The smallest absolute Gasteiger partial charge is 0.411 e. The van der Waals surface area contributed by atoms with E-state index < -0.39 is 35.2 Å². The first-order valence-electron chi connectivity index (χ1n) is 11.4. The highest BCUT2D eigenvalue weighted by atomic mass is 16.6. The van der Waals surface area contributed by atoms with Gasteiger partial charge in [-0.05, 0) is 55.9 Å². The van der Waals surface area contributed by atoms with Crippen LogP contribution in [0.3, 0.4) is 0 Å². The van der Waals surface area contributed by atoms with E-state index in [-0.39, 0.29) is 31.9 Å². The van der Waals surface area contributed by atoms with Crippen LogP contribution in [0.25, 0.3) is 11.1 Å². The quantitative estimate of drug-likeness (QED) is 0.520. The first-order valence-corrected chi connectivity index (χ1v) is 11.4. The highest BCUT2D eigenvalue weighted by Crippen LogP contribution is 2.45. The Hall–Kier alpha value is -3.39. The summed E-state index contributed by atoms with van der Waals surface area (Å²) in [5.41, 5.74) is 7.63. The molecule has 2 aliphatic rings. The summed E-state index contributed by atoms with van der Waals surface area (Å²) >= 11 is 0. The summed E-state index contributed by atoms with van der Waals surface area (Å²) in [5.74, 6) is -2.51. The van der Waals surface area contributed by atoms with Crippen LogP contribution in [0.2, 0.25) is 0 Å². The highest BCUT2D eigenvalue weighted by Gasteiger charge is 2.58. The number of likely N-dealkylation sites (tertiary alicyclic amines) is 1. The van der Waals surface area contributed by atoms with Gasteiger partial charge in [-0.25, -0.2) is 4.79 Å². The van der Waals surface area contributed by atoms with Crippen molar-refractivity contribution < 1.29 is 29.0 Å². The minimum atomic E-state index is -2.06. The van der Waals surface area contributed by atoms with Crippen molar-refractivity contribution in [3.05, 3.63) is 59.7 Å². The van der Waals surface area contributed by atoms with E-state index in [0.717, 1.165) is 27.2 Å². The number of hydrogen-bond donors (Lipinski definition) is 2. The topological polar surface area (TPSA) is 119 Å². The monoisotopic (exact) mass is 466 g/mol. The van der Waals surface area contributed by atoms with E-state index in [2.05, 4.69) is 0 Å². The lowest BCUT2D eigenvalue weighted by Crippen LogP contribution is -2.66. The molecule has 1 aliphatic heterocycles. The number of nitrogens with zero attached hydrogens (tertiary/aromatic N) is 1. The third-order valence-corrected chi connectivity index (χ3v) is 6.53. The molecule has 1 heterocycles. The summed E-state index contributed by atoms with van der Waals surface area (Å²) < 4.78 is 11.0. The Labute approximate surface area is 198 Å². The summed E-state index contributed by atoms with van der Waals surface area (Å²) in [4.78, 5) is 39.4. The lowest BCUT2D eigenvalue weighted by atomic mass is 9.76. The lowest BCUT2D eigenvalue weighted by Gasteiger charge is -2.43. The fourth-order valence-corrected chi connectivity index (χ4v) is 4.88. The number of aliphatic carboxylic acids is 1. The molecule has 34 heavy (non-hydrogen) atoms. The number of carboxylic acids is 1. The predicted octanol–water partition coefficient (Wildman–Crippen LogP) is 3.73. The second kappa shape index (κ2) is 8.76. The van der Waals surface area contributed by atoms with Gasteiger partial charge in [-0.2, -0.15) is 0 Å². The number of carbonyl (C=O) groups is 3. The minimum Gasteiger partial charge on any atom is -0.480 e. The third kappa shape index (κ3) is 4.03. The van der Waals surface area contributed by atoms with E-state index in [4.69, 9.17) is 15.2 Å². The first kappa shape index (κ1) is 23.8. The summed E-state index contributed by atoms with van der Waals surface area (Å²) in [7, 11) is 0. The molecule has 1 aliphatic carbocycles. The maximum Gasteiger partial charge on any atom is 0.411 e. The molecular formula is C26H30N2O6. The molecule has 0 aromatic heterocycles. The summed E-state index contributed by atoms with van der Waals surface area (Å²) in [6.07, 6.45) is -1.90. The number of amides is 1. The molecule has 4 rings (SSSR count). The maximum absolute atomic E-state index is 13.1. The maximum atomic E-state index is 13.1. The molecule has 0 unspecified atom stereocenters. The molecule has 2 aromatic rings. The molecule has 1 saturated heterocycles. The molecule has 0 bridgehead atoms. The zero-order valence-corrected chi connectivity index (χ0v) is 19.6. The number of nitrogens with two attached hydrogens (primary N) is 1. The van der Waals surface area contributed by atoms with Gasteiger partial charge in [0, 0.05) is 12.5 Å². The summed E-state index contributed by atoms with van der Waals surface area (Å²) in [5, 5.41) is 9.99. The van der Waals surface area contributed by atoms with E-state index in [9.17, 15) is 19.5 Å². The van der Waals surface area contributed by atoms with Gasteiger partial charge in [0.25, 0.3) is 0 Å². The molecule has 1 fully saturated rings. The predicted molar refractivity (Wildman–Crippen MR) is 125 cm³/mol.